The molecule has 0 aromatic rings. The Morgan fingerprint density at radius 2 is 1.04 bits per heavy atom. The molecule has 0 heterocycles. The second-order valence-corrected chi connectivity index (χ2v) is 14.5. The Kier molecular flexibility index (Phi) is 28.2. The topological polar surface area (TPSA) is 108 Å². The average molecular weight is 708 g/mol. The van der Waals surface area contributed by atoms with E-state index < -0.39 is 52.5 Å². The van der Waals surface area contributed by atoms with E-state index in [1.54, 1.807) is 0 Å². The van der Waals surface area contributed by atoms with Gasteiger partial charge in [-0.15, -0.1) is 0 Å². The first-order valence-corrected chi connectivity index (χ1v) is 20.9. The maximum Gasteiger partial charge on any atom is 0.472 e. The Balaban J connectivity index is 4.52. The van der Waals surface area contributed by atoms with Gasteiger partial charge in [-0.3, -0.25) is 18.6 Å². The van der Waals surface area contributed by atoms with E-state index >= 15 is 0 Å². The van der Waals surface area contributed by atoms with Gasteiger partial charge in [0, 0.05) is 17.0 Å². The van der Waals surface area contributed by atoms with Crippen LogP contribution < -0.4 is 0 Å². The summed E-state index contributed by atoms with van der Waals surface area (Å²) in [6, 6.07) is 0. The summed E-state index contributed by atoms with van der Waals surface area (Å²) >= 11 is 0. The molecule has 1 unspecified atom stereocenters. The highest BCUT2D eigenvalue weighted by molar-refractivity contribution is 7.47. The molecule has 0 aliphatic heterocycles. The monoisotopic (exact) mass is 708 g/mol. The fourth-order valence-electron chi connectivity index (χ4n) is 5.51. The van der Waals surface area contributed by atoms with Gasteiger partial charge in [0.1, 0.15) is 6.61 Å². The van der Waals surface area contributed by atoms with Crippen molar-refractivity contribution in [3.63, 3.8) is 0 Å². The highest BCUT2D eigenvalue weighted by Gasteiger charge is 2.25. The lowest BCUT2D eigenvalue weighted by Crippen LogP contribution is -2.29. The van der Waals surface area contributed by atoms with E-state index in [1.807, 2.05) is 0 Å². The van der Waals surface area contributed by atoms with Crippen molar-refractivity contribution in [3.8, 4) is 0 Å². The first-order chi connectivity index (χ1) is 25.2. The number of carbonyl (C=O) groups is 2. The summed E-state index contributed by atoms with van der Waals surface area (Å²) in [5, 5.41) is 0. The minimum atomic E-state index is -5.22. The van der Waals surface area contributed by atoms with Crippen LogP contribution in [0.3, 0.4) is 0 Å². The molecule has 0 spiro atoms. The molecule has 284 valence electrons. The molecule has 8 nitrogen and oxygen atoms in total. The van der Waals surface area contributed by atoms with Crippen LogP contribution in [-0.4, -0.2) is 42.7 Å². The van der Waals surface area contributed by atoms with E-state index in [-0.39, 0.29) is 12.8 Å². The Labute approximate surface area is 302 Å². The maximum atomic E-state index is 12.6. The molecule has 0 radical (unpaired) electrons. The fraction of sp³-hybridized carbons (Fsp3) is 0.897. The lowest BCUT2D eigenvalue weighted by Gasteiger charge is -2.19. The van der Waals surface area contributed by atoms with E-state index in [9.17, 15) is 19.0 Å². The molecule has 0 bridgehead atoms. The molecule has 1 N–H and O–H groups in total. The third-order valence-corrected chi connectivity index (χ3v) is 9.24. The number of carbonyl (C=O) groups excluding carboxylic acids is 2. The highest BCUT2D eigenvalue weighted by atomic mass is 31.2. The largest absolute Gasteiger partial charge is 0.472 e. The van der Waals surface area contributed by atoms with Crippen molar-refractivity contribution in [3.05, 3.63) is 12.2 Å². The van der Waals surface area contributed by atoms with Crippen molar-refractivity contribution in [1.82, 2.24) is 0 Å². The molecule has 0 amide bonds. The molecule has 0 saturated carbocycles. The van der Waals surface area contributed by atoms with Gasteiger partial charge in [0.25, 0.3) is 0 Å². The van der Waals surface area contributed by atoms with Gasteiger partial charge < -0.3 is 14.4 Å². The quantitative estimate of drug-likeness (QED) is 0.0294. The minimum absolute atomic E-state index is 0.0937. The Morgan fingerprint density at radius 1 is 0.625 bits per heavy atom. The van der Waals surface area contributed by atoms with Crippen LogP contribution in [-0.2, 0) is 32.7 Å². The van der Waals surface area contributed by atoms with Gasteiger partial charge in [0.2, 0.25) is 0 Å². The van der Waals surface area contributed by atoms with Gasteiger partial charge in [-0.1, -0.05) is 154 Å². The van der Waals surface area contributed by atoms with Crippen LogP contribution >= 0.6 is 7.82 Å². The second-order valence-electron chi connectivity index (χ2n) is 13.1. The minimum Gasteiger partial charge on any atom is -0.462 e. The van der Waals surface area contributed by atoms with E-state index in [4.69, 9.17) is 20.9 Å². The second kappa shape index (κ2) is 35.6. The number of phosphoric acid groups is 1. The zero-order valence-corrected chi connectivity index (χ0v) is 31.6. The number of phosphoric ester groups is 1. The first kappa shape index (κ1) is 38.0. The predicted molar refractivity (Wildman–Crippen MR) is 198 cm³/mol. The van der Waals surface area contributed by atoms with Gasteiger partial charge in [-0.2, -0.15) is 0 Å². The molecular formula is C39H75O8P. The number of hydrogen-bond donors (Lipinski definition) is 1. The predicted octanol–water partition coefficient (Wildman–Crippen LogP) is 12.1. The zero-order chi connectivity index (χ0) is 39.7. The Bertz CT molecular complexity index is 980. The molecule has 0 aliphatic rings. The molecule has 0 saturated heterocycles. The van der Waals surface area contributed by atoms with Crippen molar-refractivity contribution >= 4 is 19.8 Å². The molecule has 0 rings (SSSR count). The maximum absolute atomic E-state index is 12.6. The third-order valence-electron chi connectivity index (χ3n) is 8.44. The summed E-state index contributed by atoms with van der Waals surface area (Å²) in [4.78, 5) is 35.0. The molecule has 2 atom stereocenters. The molecule has 0 aromatic carbocycles. The van der Waals surface area contributed by atoms with Crippen molar-refractivity contribution < 1.29 is 44.4 Å². The van der Waals surface area contributed by atoms with Crippen LogP contribution in [0.5, 0.6) is 0 Å². The number of hydrogen-bond acceptors (Lipinski definition) is 7. The SMILES string of the molecule is [2H]C([2H])([2H])C([2H])([2H])OP(=O)(O)OC[C@@H](COC(=O)CCCCCCCCCCCCCCC)OC(=O)CCCCCCC/C=C/CCCCCCCC. The third kappa shape index (κ3) is 34.6. The van der Waals surface area contributed by atoms with Gasteiger partial charge in [0.15, 0.2) is 6.10 Å². The fourth-order valence-corrected chi connectivity index (χ4v) is 6.03. The number of ether oxygens (including phenoxy) is 2. The molecule has 48 heavy (non-hydrogen) atoms. The smallest absolute Gasteiger partial charge is 0.462 e. The summed E-state index contributed by atoms with van der Waals surface area (Å²) in [5.41, 5.74) is 0. The van der Waals surface area contributed by atoms with Crippen LogP contribution in [0.4, 0.5) is 0 Å². The van der Waals surface area contributed by atoms with Crippen molar-refractivity contribution in [2.75, 3.05) is 19.8 Å². The first-order valence-electron chi connectivity index (χ1n) is 21.9. The summed E-state index contributed by atoms with van der Waals surface area (Å²) < 4.78 is 68.6. The van der Waals surface area contributed by atoms with E-state index in [0.717, 1.165) is 57.8 Å². The van der Waals surface area contributed by atoms with Crippen molar-refractivity contribution in [1.29, 1.82) is 0 Å². The highest BCUT2D eigenvalue weighted by Crippen LogP contribution is 2.43. The number of esters is 2. The molecule has 0 aromatic heterocycles. The lowest BCUT2D eigenvalue weighted by atomic mass is 10.0. The Morgan fingerprint density at radius 3 is 1.50 bits per heavy atom. The summed E-state index contributed by atoms with van der Waals surface area (Å²) in [5.74, 6) is -1.11. The van der Waals surface area contributed by atoms with Crippen LogP contribution in [0, 0.1) is 0 Å². The van der Waals surface area contributed by atoms with Crippen LogP contribution in [0.1, 0.15) is 207 Å². The molecule has 0 fully saturated rings. The lowest BCUT2D eigenvalue weighted by molar-refractivity contribution is -0.161. The van der Waals surface area contributed by atoms with Gasteiger partial charge in [-0.05, 0) is 45.4 Å². The standard InChI is InChI=1S/C39H75O8P/c1-4-7-9-11-13-15-17-19-20-22-24-26-28-30-32-34-39(41)47-37(36-46-48(42,43)45-6-3)35-44-38(40)33-31-29-27-25-23-21-18-16-14-12-10-8-5-2/h19-20,37H,4-18,21-36H2,1-3H3,(H,42,43)/b20-19+/t37-/m1/s1/i3D3,6D2. The van der Waals surface area contributed by atoms with Crippen molar-refractivity contribution in [2.45, 2.75) is 207 Å². The number of allylic oxidation sites excluding steroid dienone is 2. The van der Waals surface area contributed by atoms with Crippen molar-refractivity contribution in [2.24, 2.45) is 0 Å². The average Bonchev–Trinajstić information content (AvgIpc) is 3.08. The van der Waals surface area contributed by atoms with E-state index in [1.165, 1.54) is 96.3 Å². The van der Waals surface area contributed by atoms with Crippen LogP contribution in [0.25, 0.3) is 0 Å². The summed E-state index contributed by atoms with van der Waals surface area (Å²) in [6.45, 7) is -3.57. The van der Waals surface area contributed by atoms with E-state index in [2.05, 4.69) is 30.5 Å². The Hall–Kier alpha value is -1.21. The number of rotatable bonds is 37. The van der Waals surface area contributed by atoms with Gasteiger partial charge >= 0.3 is 19.8 Å². The van der Waals surface area contributed by atoms with Gasteiger partial charge in [0.05, 0.1) is 15.9 Å². The summed E-state index contributed by atoms with van der Waals surface area (Å²) in [7, 11) is -5.22. The molecular weight excluding hydrogens is 627 g/mol. The molecule has 0 aliphatic carbocycles. The molecule has 9 heteroatoms. The van der Waals surface area contributed by atoms with Crippen LogP contribution in [0.15, 0.2) is 12.2 Å². The van der Waals surface area contributed by atoms with Gasteiger partial charge in [-0.25, -0.2) is 4.57 Å². The number of unbranched alkanes of at least 4 members (excludes halogenated alkanes) is 23. The zero-order valence-electron chi connectivity index (χ0n) is 35.7. The summed E-state index contributed by atoms with van der Waals surface area (Å²) in [6.07, 6.45) is 33.3. The van der Waals surface area contributed by atoms with E-state index in [0.29, 0.717) is 12.8 Å². The van der Waals surface area contributed by atoms with Crippen LogP contribution in [0.2, 0.25) is 0 Å². The normalized spacial score (nSPS) is 15.6.